The molecule has 6 heteroatoms. The minimum Gasteiger partial charge on any atom is -0.359 e. The number of carbonyl (C=O) groups excluding carboxylic acids is 1. The van der Waals surface area contributed by atoms with Crippen molar-refractivity contribution >= 4 is 23.2 Å². The Hall–Kier alpha value is -1.88. The maximum atomic E-state index is 12.2. The van der Waals surface area contributed by atoms with Crippen molar-refractivity contribution in [3.63, 3.8) is 0 Å². The summed E-state index contributed by atoms with van der Waals surface area (Å²) < 4.78 is 5.04. The number of nitrogens with zero attached hydrogens (tertiary/aromatic N) is 3. The van der Waals surface area contributed by atoms with Gasteiger partial charge in [0.25, 0.3) is 5.91 Å². The zero-order chi connectivity index (χ0) is 13.3. The van der Waals surface area contributed by atoms with Crippen LogP contribution in [0.15, 0.2) is 22.9 Å². The topological polar surface area (TPSA) is 59.2 Å². The Morgan fingerprint density at radius 3 is 2.61 bits per heavy atom. The molecule has 0 N–H and O–H groups in total. The van der Waals surface area contributed by atoms with Crippen molar-refractivity contribution in [2.45, 2.75) is 13.8 Å². The lowest BCUT2D eigenvalue weighted by Crippen LogP contribution is -2.27. The number of halogens is 1. The van der Waals surface area contributed by atoms with E-state index in [0.717, 1.165) is 0 Å². The highest BCUT2D eigenvalue weighted by Crippen LogP contribution is 2.24. The van der Waals surface area contributed by atoms with Gasteiger partial charge in [0, 0.05) is 13.2 Å². The third-order valence-corrected chi connectivity index (χ3v) is 2.81. The predicted octanol–water partition coefficient (Wildman–Crippen LogP) is 2.62. The van der Waals surface area contributed by atoms with Crippen molar-refractivity contribution in [1.82, 2.24) is 10.1 Å². The summed E-state index contributed by atoms with van der Waals surface area (Å²) in [5, 5.41) is 4.31. The minimum absolute atomic E-state index is 0.235. The fraction of sp³-hybridized carbons (Fsp3) is 0.250. The molecule has 0 unspecified atom stereocenters. The Kier molecular flexibility index (Phi) is 3.34. The fourth-order valence-corrected chi connectivity index (χ4v) is 1.84. The molecule has 0 bridgehead atoms. The molecule has 0 aliphatic heterocycles. The molecule has 2 heterocycles. The maximum Gasteiger partial charge on any atom is 0.276 e. The first kappa shape index (κ1) is 12.6. The summed E-state index contributed by atoms with van der Waals surface area (Å²) >= 11 is 5.73. The van der Waals surface area contributed by atoms with Crippen LogP contribution in [0, 0.1) is 13.8 Å². The van der Waals surface area contributed by atoms with E-state index in [1.54, 1.807) is 33.0 Å². The van der Waals surface area contributed by atoms with Gasteiger partial charge >= 0.3 is 0 Å². The molecule has 1 amide bonds. The summed E-state index contributed by atoms with van der Waals surface area (Å²) in [4.78, 5) is 17.7. The second-order valence-corrected chi connectivity index (χ2v) is 4.34. The van der Waals surface area contributed by atoms with Crippen molar-refractivity contribution in [3.8, 4) is 0 Å². The summed E-state index contributed by atoms with van der Waals surface area (Å²) in [6.45, 7) is 3.54. The van der Waals surface area contributed by atoms with Gasteiger partial charge in [-0.1, -0.05) is 16.8 Å². The minimum atomic E-state index is -0.235. The standard InChI is InChI=1S/C12H12ClN3O2/c1-7-11(8(2)18-15-7)16(3)12(17)10-5-4-9(13)6-14-10/h4-6H,1-3H3. The van der Waals surface area contributed by atoms with E-state index in [1.807, 2.05) is 0 Å². The number of carbonyl (C=O) groups is 1. The Morgan fingerprint density at radius 1 is 1.39 bits per heavy atom. The first-order valence-electron chi connectivity index (χ1n) is 5.33. The van der Waals surface area contributed by atoms with Crippen molar-refractivity contribution in [1.29, 1.82) is 0 Å². The van der Waals surface area contributed by atoms with Crippen molar-refractivity contribution in [2.24, 2.45) is 0 Å². The van der Waals surface area contributed by atoms with Gasteiger partial charge < -0.3 is 9.42 Å². The van der Waals surface area contributed by atoms with Crippen LogP contribution in [0.1, 0.15) is 21.9 Å². The molecular weight excluding hydrogens is 254 g/mol. The van der Waals surface area contributed by atoms with Crippen LogP contribution in [-0.4, -0.2) is 23.1 Å². The number of hydrogen-bond acceptors (Lipinski definition) is 4. The number of anilines is 1. The van der Waals surface area contributed by atoms with E-state index in [9.17, 15) is 4.79 Å². The van der Waals surface area contributed by atoms with E-state index in [1.165, 1.54) is 11.1 Å². The van der Waals surface area contributed by atoms with E-state index >= 15 is 0 Å². The molecule has 0 spiro atoms. The number of aryl methyl sites for hydroxylation is 2. The van der Waals surface area contributed by atoms with Crippen molar-refractivity contribution in [2.75, 3.05) is 11.9 Å². The van der Waals surface area contributed by atoms with Crippen LogP contribution in [0.25, 0.3) is 0 Å². The third kappa shape index (κ3) is 2.22. The molecule has 0 fully saturated rings. The number of rotatable bonds is 2. The molecule has 18 heavy (non-hydrogen) atoms. The van der Waals surface area contributed by atoms with Gasteiger partial charge in [0.2, 0.25) is 0 Å². The van der Waals surface area contributed by atoms with Crippen molar-refractivity contribution in [3.05, 3.63) is 40.5 Å². The van der Waals surface area contributed by atoms with E-state index in [0.29, 0.717) is 27.9 Å². The summed E-state index contributed by atoms with van der Waals surface area (Å²) in [7, 11) is 1.66. The Bertz CT molecular complexity index is 558. The first-order valence-corrected chi connectivity index (χ1v) is 5.71. The fourth-order valence-electron chi connectivity index (χ4n) is 1.73. The molecule has 0 saturated carbocycles. The van der Waals surface area contributed by atoms with Crippen LogP contribution in [0.3, 0.4) is 0 Å². The van der Waals surface area contributed by atoms with E-state index in [4.69, 9.17) is 16.1 Å². The van der Waals surface area contributed by atoms with E-state index < -0.39 is 0 Å². The lowest BCUT2D eigenvalue weighted by atomic mass is 10.2. The molecule has 5 nitrogen and oxygen atoms in total. The molecular formula is C12H12ClN3O2. The number of hydrogen-bond donors (Lipinski definition) is 0. The Morgan fingerprint density at radius 2 is 2.11 bits per heavy atom. The second-order valence-electron chi connectivity index (χ2n) is 3.90. The zero-order valence-corrected chi connectivity index (χ0v) is 11.0. The van der Waals surface area contributed by atoms with Gasteiger partial charge in [-0.2, -0.15) is 0 Å². The van der Waals surface area contributed by atoms with Gasteiger partial charge in [-0.25, -0.2) is 4.98 Å². The van der Waals surface area contributed by atoms with E-state index in [2.05, 4.69) is 10.1 Å². The molecule has 0 aliphatic rings. The van der Waals surface area contributed by atoms with Gasteiger partial charge in [-0.05, 0) is 26.0 Å². The quantitative estimate of drug-likeness (QED) is 0.837. The average molecular weight is 266 g/mol. The number of pyridine rings is 1. The van der Waals surface area contributed by atoms with Crippen LogP contribution in [0.5, 0.6) is 0 Å². The Balaban J connectivity index is 2.32. The summed E-state index contributed by atoms with van der Waals surface area (Å²) in [5.74, 6) is 0.360. The normalized spacial score (nSPS) is 10.4. The summed E-state index contributed by atoms with van der Waals surface area (Å²) in [6, 6.07) is 3.21. The SMILES string of the molecule is Cc1noc(C)c1N(C)C(=O)c1ccc(Cl)cn1. The monoisotopic (exact) mass is 265 g/mol. The van der Waals surface area contributed by atoms with Gasteiger partial charge in [0.15, 0.2) is 5.76 Å². The van der Waals surface area contributed by atoms with E-state index in [-0.39, 0.29) is 5.91 Å². The van der Waals surface area contributed by atoms with Crippen LogP contribution < -0.4 is 4.90 Å². The van der Waals surface area contributed by atoms with Crippen LogP contribution >= 0.6 is 11.6 Å². The largest absolute Gasteiger partial charge is 0.359 e. The van der Waals surface area contributed by atoms with Crippen molar-refractivity contribution < 1.29 is 9.32 Å². The highest BCUT2D eigenvalue weighted by atomic mass is 35.5. The van der Waals surface area contributed by atoms with Gasteiger partial charge in [-0.15, -0.1) is 0 Å². The molecule has 0 saturated heterocycles. The smallest absolute Gasteiger partial charge is 0.276 e. The molecule has 94 valence electrons. The van der Waals surface area contributed by atoms with Crippen LogP contribution in [0.4, 0.5) is 5.69 Å². The molecule has 0 aliphatic carbocycles. The maximum absolute atomic E-state index is 12.2. The van der Waals surface area contributed by atoms with Crippen LogP contribution in [0.2, 0.25) is 5.02 Å². The number of amides is 1. The lowest BCUT2D eigenvalue weighted by Gasteiger charge is -2.15. The zero-order valence-electron chi connectivity index (χ0n) is 10.3. The molecule has 2 aromatic heterocycles. The summed E-state index contributed by atoms with van der Waals surface area (Å²) in [6.07, 6.45) is 1.44. The van der Waals surface area contributed by atoms with Gasteiger partial charge in [0.05, 0.1) is 5.02 Å². The lowest BCUT2D eigenvalue weighted by molar-refractivity contribution is 0.0988. The predicted molar refractivity (Wildman–Crippen MR) is 68.0 cm³/mol. The second kappa shape index (κ2) is 4.78. The van der Waals surface area contributed by atoms with Gasteiger partial charge in [-0.3, -0.25) is 4.79 Å². The highest BCUT2D eigenvalue weighted by molar-refractivity contribution is 6.30. The molecule has 2 rings (SSSR count). The van der Waals surface area contributed by atoms with Gasteiger partial charge in [0.1, 0.15) is 17.1 Å². The number of aromatic nitrogens is 2. The molecule has 0 atom stereocenters. The average Bonchev–Trinajstić information content (AvgIpc) is 2.68. The van der Waals surface area contributed by atoms with Crippen LogP contribution in [-0.2, 0) is 0 Å². The first-order chi connectivity index (χ1) is 8.50. The third-order valence-electron chi connectivity index (χ3n) is 2.58. The molecule has 2 aromatic rings. The Labute approximate surface area is 109 Å². The highest BCUT2D eigenvalue weighted by Gasteiger charge is 2.21. The molecule has 0 aromatic carbocycles. The summed E-state index contributed by atoms with van der Waals surface area (Å²) in [5.41, 5.74) is 1.65. The molecule has 0 radical (unpaired) electrons.